The number of methoxy groups -OCH3 is 1. The zero-order valence-corrected chi connectivity index (χ0v) is 11.5. The Kier molecular flexibility index (Phi) is 6.44. The predicted molar refractivity (Wildman–Crippen MR) is 63.7 cm³/mol. The highest BCUT2D eigenvalue weighted by molar-refractivity contribution is 6.76. The Morgan fingerprint density at radius 1 is 1.31 bits per heavy atom. The fourth-order valence-corrected chi connectivity index (χ4v) is 1.23. The van der Waals surface area contributed by atoms with Crippen LogP contribution in [0, 0.1) is 5.92 Å². The summed E-state index contributed by atoms with van der Waals surface area (Å²) in [4.78, 5) is 22.7. The molecule has 0 rings (SSSR count). The predicted octanol–water partition coefficient (Wildman–Crippen LogP) is 2.06. The minimum atomic E-state index is -2.08. The van der Waals surface area contributed by atoms with Crippen molar-refractivity contribution >= 4 is 46.7 Å². The molecule has 0 aliphatic carbocycles. The van der Waals surface area contributed by atoms with Crippen LogP contribution in [0.25, 0.3) is 0 Å². The summed E-state index contributed by atoms with van der Waals surface area (Å²) in [6, 6.07) is -0.798. The molecule has 0 saturated carbocycles. The molecule has 0 aromatic heterocycles. The molecule has 0 radical (unpaired) electrons. The van der Waals surface area contributed by atoms with Gasteiger partial charge in [0.05, 0.1) is 7.11 Å². The standard InChI is InChI=1S/C9H14Cl3NO3/c1-5(2)4-6(7(14)16-3)13-8(15)9(10,11)12/h5-6H,4H2,1-3H3,(H,13,15)/t6-/m1/s1. The molecule has 1 N–H and O–H groups in total. The van der Waals surface area contributed by atoms with Gasteiger partial charge in [-0.25, -0.2) is 4.79 Å². The van der Waals surface area contributed by atoms with E-state index in [-0.39, 0.29) is 5.92 Å². The van der Waals surface area contributed by atoms with Gasteiger partial charge in [-0.3, -0.25) is 4.79 Å². The summed E-state index contributed by atoms with van der Waals surface area (Å²) in [5.41, 5.74) is 0. The smallest absolute Gasteiger partial charge is 0.328 e. The van der Waals surface area contributed by atoms with E-state index in [1.807, 2.05) is 13.8 Å². The Balaban J connectivity index is 4.55. The second-order valence-corrected chi connectivity index (χ2v) is 5.96. The Hall–Kier alpha value is -0.190. The lowest BCUT2D eigenvalue weighted by Crippen LogP contribution is -2.46. The largest absolute Gasteiger partial charge is 0.467 e. The molecule has 0 aromatic carbocycles. The fourth-order valence-electron chi connectivity index (χ4n) is 1.07. The van der Waals surface area contributed by atoms with E-state index in [2.05, 4.69) is 10.1 Å². The van der Waals surface area contributed by atoms with Crippen LogP contribution in [0.3, 0.4) is 0 Å². The maximum Gasteiger partial charge on any atom is 0.328 e. The van der Waals surface area contributed by atoms with E-state index < -0.39 is 21.7 Å². The first kappa shape index (κ1) is 15.8. The molecule has 0 bridgehead atoms. The van der Waals surface area contributed by atoms with Crippen molar-refractivity contribution in [2.45, 2.75) is 30.1 Å². The van der Waals surface area contributed by atoms with Crippen LogP contribution >= 0.6 is 34.8 Å². The SMILES string of the molecule is COC(=O)[C@@H](CC(C)C)NC(=O)C(Cl)(Cl)Cl. The minimum Gasteiger partial charge on any atom is -0.467 e. The minimum absolute atomic E-state index is 0.194. The molecule has 4 nitrogen and oxygen atoms in total. The van der Waals surface area contributed by atoms with Crippen molar-refractivity contribution in [1.82, 2.24) is 5.32 Å². The fraction of sp³-hybridized carbons (Fsp3) is 0.778. The van der Waals surface area contributed by atoms with Gasteiger partial charge < -0.3 is 10.1 Å². The van der Waals surface area contributed by atoms with Gasteiger partial charge in [0.1, 0.15) is 6.04 Å². The van der Waals surface area contributed by atoms with E-state index in [1.54, 1.807) is 0 Å². The number of ether oxygens (including phenoxy) is 1. The molecular formula is C9H14Cl3NO3. The molecule has 0 spiro atoms. The third-order valence-corrected chi connectivity index (χ3v) is 2.27. The van der Waals surface area contributed by atoms with Crippen LogP contribution in [-0.4, -0.2) is 28.8 Å². The van der Waals surface area contributed by atoms with Gasteiger partial charge in [-0.1, -0.05) is 48.7 Å². The first-order valence-electron chi connectivity index (χ1n) is 4.64. The van der Waals surface area contributed by atoms with Crippen molar-refractivity contribution in [1.29, 1.82) is 0 Å². The van der Waals surface area contributed by atoms with E-state index in [1.165, 1.54) is 7.11 Å². The van der Waals surface area contributed by atoms with Crippen LogP contribution in [0.5, 0.6) is 0 Å². The number of hydrogen-bond donors (Lipinski definition) is 1. The summed E-state index contributed by atoms with van der Waals surface area (Å²) >= 11 is 16.1. The number of alkyl halides is 3. The number of hydrogen-bond acceptors (Lipinski definition) is 3. The van der Waals surface area contributed by atoms with Crippen molar-refractivity contribution in [3.05, 3.63) is 0 Å². The number of halogens is 3. The Labute approximate surface area is 110 Å². The third-order valence-electron chi connectivity index (χ3n) is 1.76. The second kappa shape index (κ2) is 6.52. The number of rotatable bonds is 4. The average molecular weight is 291 g/mol. The zero-order valence-electron chi connectivity index (χ0n) is 9.22. The van der Waals surface area contributed by atoms with Crippen LogP contribution in [0.15, 0.2) is 0 Å². The van der Waals surface area contributed by atoms with Gasteiger partial charge >= 0.3 is 5.97 Å². The maximum absolute atomic E-state index is 11.4. The second-order valence-electron chi connectivity index (χ2n) is 3.68. The molecule has 1 atom stereocenters. The van der Waals surface area contributed by atoms with Crippen molar-refractivity contribution in [2.24, 2.45) is 5.92 Å². The van der Waals surface area contributed by atoms with Gasteiger partial charge in [0.15, 0.2) is 0 Å². The number of amides is 1. The summed E-state index contributed by atoms with van der Waals surface area (Å²) in [6.45, 7) is 3.80. The quantitative estimate of drug-likeness (QED) is 0.637. The van der Waals surface area contributed by atoms with Crippen LogP contribution in [0.2, 0.25) is 0 Å². The van der Waals surface area contributed by atoms with E-state index >= 15 is 0 Å². The molecule has 94 valence electrons. The van der Waals surface area contributed by atoms with E-state index in [4.69, 9.17) is 34.8 Å². The van der Waals surface area contributed by atoms with Crippen LogP contribution < -0.4 is 5.32 Å². The lowest BCUT2D eigenvalue weighted by atomic mass is 10.0. The van der Waals surface area contributed by atoms with Crippen molar-refractivity contribution in [2.75, 3.05) is 7.11 Å². The maximum atomic E-state index is 11.4. The molecule has 0 aromatic rings. The average Bonchev–Trinajstić information content (AvgIpc) is 2.13. The van der Waals surface area contributed by atoms with Crippen LogP contribution in [0.4, 0.5) is 0 Å². The molecular weight excluding hydrogens is 276 g/mol. The van der Waals surface area contributed by atoms with Crippen molar-refractivity contribution in [3.8, 4) is 0 Å². The Morgan fingerprint density at radius 2 is 1.81 bits per heavy atom. The van der Waals surface area contributed by atoms with Gasteiger partial charge in [-0.05, 0) is 12.3 Å². The topological polar surface area (TPSA) is 55.4 Å². The van der Waals surface area contributed by atoms with Crippen molar-refractivity contribution in [3.63, 3.8) is 0 Å². The van der Waals surface area contributed by atoms with E-state index in [0.29, 0.717) is 6.42 Å². The molecule has 0 aliphatic rings. The van der Waals surface area contributed by atoms with Crippen molar-refractivity contribution < 1.29 is 14.3 Å². The molecule has 16 heavy (non-hydrogen) atoms. The first-order valence-corrected chi connectivity index (χ1v) is 5.77. The normalized spacial score (nSPS) is 13.4. The van der Waals surface area contributed by atoms with E-state index in [0.717, 1.165) is 0 Å². The summed E-state index contributed by atoms with van der Waals surface area (Å²) in [5.74, 6) is -1.20. The molecule has 0 fully saturated rings. The number of esters is 1. The zero-order chi connectivity index (χ0) is 12.9. The summed E-state index contributed by atoms with van der Waals surface area (Å²) in [5, 5.41) is 2.33. The Morgan fingerprint density at radius 3 is 2.12 bits per heavy atom. The van der Waals surface area contributed by atoms with Crippen LogP contribution in [0.1, 0.15) is 20.3 Å². The monoisotopic (exact) mass is 289 g/mol. The van der Waals surface area contributed by atoms with Gasteiger partial charge in [-0.2, -0.15) is 0 Å². The first-order chi connectivity index (χ1) is 7.18. The van der Waals surface area contributed by atoms with Gasteiger partial charge in [0, 0.05) is 0 Å². The molecule has 0 unspecified atom stereocenters. The number of nitrogens with one attached hydrogen (secondary N) is 1. The van der Waals surface area contributed by atoms with Gasteiger partial charge in [0.2, 0.25) is 0 Å². The van der Waals surface area contributed by atoms with Gasteiger partial charge in [-0.15, -0.1) is 0 Å². The highest BCUT2D eigenvalue weighted by atomic mass is 35.6. The lowest BCUT2D eigenvalue weighted by Gasteiger charge is -2.20. The van der Waals surface area contributed by atoms with E-state index in [9.17, 15) is 9.59 Å². The highest BCUT2D eigenvalue weighted by Crippen LogP contribution is 2.26. The Bertz CT molecular complexity index is 263. The molecule has 0 aliphatic heterocycles. The number of carbonyl (C=O) groups is 2. The van der Waals surface area contributed by atoms with Crippen LogP contribution in [-0.2, 0) is 14.3 Å². The molecule has 0 saturated heterocycles. The summed E-state index contributed by atoms with van der Waals surface area (Å²) < 4.78 is 2.46. The molecule has 0 heterocycles. The third kappa shape index (κ3) is 5.77. The molecule has 1 amide bonds. The molecule has 7 heteroatoms. The lowest BCUT2D eigenvalue weighted by molar-refractivity contribution is -0.145. The highest BCUT2D eigenvalue weighted by Gasteiger charge is 2.34. The summed E-state index contributed by atoms with van der Waals surface area (Å²) in [6.07, 6.45) is 0.416. The van der Waals surface area contributed by atoms with Gasteiger partial charge in [0.25, 0.3) is 9.70 Å². The number of carbonyl (C=O) groups excluding carboxylic acids is 2. The summed E-state index contributed by atoms with van der Waals surface area (Å²) in [7, 11) is 1.23.